The highest BCUT2D eigenvalue weighted by Crippen LogP contribution is 2.41. The third kappa shape index (κ3) is 4.71. The second kappa shape index (κ2) is 10.3. The van der Waals surface area contributed by atoms with Gasteiger partial charge in [-0.3, -0.25) is 4.79 Å². The van der Waals surface area contributed by atoms with E-state index in [1.165, 1.54) is 6.92 Å². The Kier molecular flexibility index (Phi) is 6.91. The highest BCUT2D eigenvalue weighted by molar-refractivity contribution is 7.16. The highest BCUT2D eigenvalue weighted by Gasteiger charge is 2.44. The molecule has 0 spiro atoms. The van der Waals surface area contributed by atoms with Gasteiger partial charge >= 0.3 is 0 Å². The number of fused-ring (bicyclic) bond motifs is 3. The van der Waals surface area contributed by atoms with Crippen molar-refractivity contribution < 1.29 is 14.3 Å². The second-order valence-corrected chi connectivity index (χ2v) is 12.1. The summed E-state index contributed by atoms with van der Waals surface area (Å²) in [4.78, 5) is 19.7. The molecule has 0 aliphatic carbocycles. The predicted molar refractivity (Wildman–Crippen MR) is 148 cm³/mol. The molecule has 1 fully saturated rings. The van der Waals surface area contributed by atoms with Gasteiger partial charge in [-0.25, -0.2) is 9.50 Å². The number of alkyl halides is 1. The summed E-state index contributed by atoms with van der Waals surface area (Å²) in [5.74, 6) is 0.465. The van der Waals surface area contributed by atoms with Gasteiger partial charge in [0.1, 0.15) is 29.2 Å². The number of dihydropyridines is 1. The fourth-order valence-electron chi connectivity index (χ4n) is 4.96. The van der Waals surface area contributed by atoms with Gasteiger partial charge in [0.2, 0.25) is 10.9 Å². The number of rotatable bonds is 6. The van der Waals surface area contributed by atoms with Gasteiger partial charge in [-0.05, 0) is 37.4 Å². The van der Waals surface area contributed by atoms with Crippen LogP contribution in [0.15, 0.2) is 48.7 Å². The molecular formula is C25H28ClN7O3S2. The maximum absolute atomic E-state index is 11.7. The number of aromatic nitrogens is 3. The summed E-state index contributed by atoms with van der Waals surface area (Å²) in [5.41, 5.74) is 2.08. The van der Waals surface area contributed by atoms with E-state index < -0.39 is 5.00 Å². The van der Waals surface area contributed by atoms with E-state index in [0.29, 0.717) is 18.9 Å². The average Bonchev–Trinajstić information content (AvgIpc) is 3.59. The van der Waals surface area contributed by atoms with Gasteiger partial charge in [0, 0.05) is 44.1 Å². The molecule has 3 N–H and O–H groups in total. The number of allylic oxidation sites excluding steroid dienone is 2. The molecule has 3 atom stereocenters. The van der Waals surface area contributed by atoms with Crippen LogP contribution in [0, 0.1) is 6.92 Å². The molecule has 3 aromatic rings. The summed E-state index contributed by atoms with van der Waals surface area (Å²) < 4.78 is 14.0. The van der Waals surface area contributed by atoms with Gasteiger partial charge in [0.15, 0.2) is 5.00 Å². The molecule has 1 saturated heterocycles. The number of carbonyl (C=O) groups excluding carboxylic acids is 1. The van der Waals surface area contributed by atoms with Crippen LogP contribution in [0.4, 0.5) is 5.00 Å². The van der Waals surface area contributed by atoms with Crippen molar-refractivity contribution >= 4 is 50.1 Å². The summed E-state index contributed by atoms with van der Waals surface area (Å²) in [6, 6.07) is 3.84. The van der Waals surface area contributed by atoms with Crippen molar-refractivity contribution in [2.45, 2.75) is 37.4 Å². The summed E-state index contributed by atoms with van der Waals surface area (Å²) >= 11 is 10.1. The fourth-order valence-corrected chi connectivity index (χ4v) is 7.11. The molecule has 0 saturated carbocycles. The Morgan fingerprint density at radius 2 is 2.29 bits per heavy atom. The van der Waals surface area contributed by atoms with Gasteiger partial charge in [-0.1, -0.05) is 22.9 Å². The molecule has 3 aromatic heterocycles. The zero-order valence-electron chi connectivity index (χ0n) is 20.9. The molecule has 13 heteroatoms. The molecule has 0 aromatic carbocycles. The number of amides is 1. The zero-order chi connectivity index (χ0) is 26.3. The number of halogens is 1. The summed E-state index contributed by atoms with van der Waals surface area (Å²) in [5, 5.41) is 15.9. The van der Waals surface area contributed by atoms with E-state index in [4.69, 9.17) is 31.2 Å². The van der Waals surface area contributed by atoms with Crippen LogP contribution in [-0.4, -0.2) is 62.7 Å². The van der Waals surface area contributed by atoms with Crippen LogP contribution >= 0.6 is 34.3 Å². The summed E-state index contributed by atoms with van der Waals surface area (Å²) in [6.45, 7) is 6.24. The van der Waals surface area contributed by atoms with Gasteiger partial charge in [-0.2, -0.15) is 5.10 Å². The van der Waals surface area contributed by atoms with Crippen LogP contribution in [0.5, 0.6) is 0 Å². The number of hydrogen-bond donors (Lipinski definition) is 3. The van der Waals surface area contributed by atoms with Crippen molar-refractivity contribution in [1.82, 2.24) is 30.1 Å². The number of nitrogens with one attached hydrogen (secondary N) is 3. The zero-order valence-corrected chi connectivity index (χ0v) is 23.3. The molecule has 200 valence electrons. The number of morpholine rings is 1. The molecule has 38 heavy (non-hydrogen) atoms. The number of ether oxygens (including phenoxy) is 2. The van der Waals surface area contributed by atoms with Crippen LogP contribution in [0.25, 0.3) is 4.96 Å². The maximum Gasteiger partial charge on any atom is 0.221 e. The van der Waals surface area contributed by atoms with Crippen molar-refractivity contribution in [1.29, 1.82) is 0 Å². The predicted octanol–water partition coefficient (Wildman–Crippen LogP) is 3.48. The van der Waals surface area contributed by atoms with Crippen molar-refractivity contribution in [2.75, 3.05) is 31.6 Å². The number of anilines is 1. The molecule has 0 radical (unpaired) electrons. The van der Waals surface area contributed by atoms with E-state index >= 15 is 0 Å². The van der Waals surface area contributed by atoms with E-state index in [-0.39, 0.29) is 18.1 Å². The Labute approximate surface area is 233 Å². The van der Waals surface area contributed by atoms with Crippen LogP contribution in [0.2, 0.25) is 0 Å². The molecule has 0 bridgehead atoms. The molecule has 6 heterocycles. The smallest absolute Gasteiger partial charge is 0.221 e. The van der Waals surface area contributed by atoms with Crippen molar-refractivity contribution in [2.24, 2.45) is 0 Å². The van der Waals surface area contributed by atoms with Crippen LogP contribution < -0.4 is 16.0 Å². The van der Waals surface area contributed by atoms with Gasteiger partial charge in [-0.15, -0.1) is 11.3 Å². The quantitative estimate of drug-likeness (QED) is 0.234. The van der Waals surface area contributed by atoms with Crippen molar-refractivity contribution in [3.63, 3.8) is 0 Å². The molecule has 1 amide bonds. The molecule has 10 nitrogen and oxygen atoms in total. The minimum atomic E-state index is -1.02. The fraction of sp³-hybridized carbons (Fsp3) is 0.400. The normalized spacial score (nSPS) is 25.3. The summed E-state index contributed by atoms with van der Waals surface area (Å²) in [6.07, 6.45) is 9.62. The third-order valence-corrected chi connectivity index (χ3v) is 9.04. The van der Waals surface area contributed by atoms with E-state index in [2.05, 4.69) is 20.9 Å². The van der Waals surface area contributed by atoms with E-state index in [1.807, 2.05) is 41.9 Å². The largest absolute Gasteiger partial charge is 0.464 e. The first-order valence-corrected chi connectivity index (χ1v) is 14.4. The van der Waals surface area contributed by atoms with Crippen LogP contribution in [-0.2, 0) is 20.7 Å². The molecule has 3 aliphatic rings. The number of thiophene rings is 1. The lowest BCUT2D eigenvalue weighted by Crippen LogP contribution is -2.58. The lowest BCUT2D eigenvalue weighted by Gasteiger charge is -2.39. The second-order valence-electron chi connectivity index (χ2n) is 9.25. The number of imidazole rings is 1. The van der Waals surface area contributed by atoms with Crippen LogP contribution in [0.1, 0.15) is 34.2 Å². The number of carbonyl (C=O) groups is 1. The van der Waals surface area contributed by atoms with E-state index in [1.54, 1.807) is 35.1 Å². The topological polar surface area (TPSA) is 105 Å². The van der Waals surface area contributed by atoms with E-state index in [0.717, 1.165) is 50.7 Å². The van der Waals surface area contributed by atoms with Crippen molar-refractivity contribution in [3.05, 3.63) is 70.0 Å². The minimum Gasteiger partial charge on any atom is -0.464 e. The number of aryl methyl sites for hydroxylation is 1. The summed E-state index contributed by atoms with van der Waals surface area (Å²) in [7, 11) is 0. The van der Waals surface area contributed by atoms with E-state index in [9.17, 15) is 4.79 Å². The average molecular weight is 574 g/mol. The molecule has 6 rings (SSSR count). The Morgan fingerprint density at radius 1 is 1.39 bits per heavy atom. The van der Waals surface area contributed by atoms with Gasteiger partial charge < -0.3 is 30.3 Å². The lowest BCUT2D eigenvalue weighted by atomic mass is 10.0. The first-order valence-electron chi connectivity index (χ1n) is 12.4. The highest BCUT2D eigenvalue weighted by atomic mass is 35.5. The maximum atomic E-state index is 11.7. The molecular weight excluding hydrogens is 546 g/mol. The first kappa shape index (κ1) is 25.4. The standard InChI is InChI=1S/C25H28ClN7O3S2/c1-15(34)29-21-6-5-18(38-21)23-22-17(30-24-33(22)31-16(2)37-24)7-10-32(23)11-13-36-19-4-3-8-28-25(19,26)20-14-27-9-12-35-20/h3-6,8,11,13,20,23,27-28H,7,9-10,12,14H2,1-2H3,(H,29,34). The van der Waals surface area contributed by atoms with Crippen molar-refractivity contribution in [3.8, 4) is 0 Å². The Bertz CT molecular complexity index is 1440. The monoisotopic (exact) mass is 573 g/mol. The van der Waals surface area contributed by atoms with Gasteiger partial charge in [0.05, 0.1) is 23.0 Å². The molecule has 3 aliphatic heterocycles. The molecule has 3 unspecified atom stereocenters. The lowest BCUT2D eigenvalue weighted by molar-refractivity contribution is -0.114. The minimum absolute atomic E-state index is 0.0973. The Balaban J connectivity index is 1.30. The number of nitrogens with zero attached hydrogens (tertiary/aromatic N) is 4. The van der Waals surface area contributed by atoms with Gasteiger partial charge in [0.25, 0.3) is 0 Å². The number of hydrogen-bond acceptors (Lipinski definition) is 10. The SMILES string of the molecule is CC(=O)Nc1ccc(C2c3c(nc4sc(C)nn34)CCN2C=COC2=CC=CNC2(Cl)C2CNCCO2)s1. The first-order chi connectivity index (χ1) is 18.4. The Hall–Kier alpha value is -2.90. The third-order valence-electron chi connectivity index (χ3n) is 6.62. The Morgan fingerprint density at radius 3 is 3.11 bits per heavy atom. The van der Waals surface area contributed by atoms with Crippen LogP contribution in [0.3, 0.4) is 0 Å².